The lowest BCUT2D eigenvalue weighted by molar-refractivity contribution is -0.139. The van der Waals surface area contributed by atoms with Crippen molar-refractivity contribution in [2.75, 3.05) is 33.5 Å². The highest BCUT2D eigenvalue weighted by Crippen LogP contribution is 2.39. The van der Waals surface area contributed by atoms with E-state index in [9.17, 15) is 9.90 Å². The second-order valence-corrected chi connectivity index (χ2v) is 5.01. The SMILES string of the molecule is COCCNC(C(=O)O)c1cc(Cl)c2c(c1)OCCCO2. The first-order valence-corrected chi connectivity index (χ1v) is 7.05. The Morgan fingerprint density at radius 1 is 1.48 bits per heavy atom. The molecule has 1 aromatic rings. The zero-order valence-corrected chi connectivity index (χ0v) is 12.5. The number of methoxy groups -OCH3 is 1. The van der Waals surface area contributed by atoms with E-state index < -0.39 is 12.0 Å². The van der Waals surface area contributed by atoms with Crippen molar-refractivity contribution >= 4 is 17.6 Å². The summed E-state index contributed by atoms with van der Waals surface area (Å²) in [5, 5.41) is 12.6. The molecule has 0 fully saturated rings. The smallest absolute Gasteiger partial charge is 0.325 e. The minimum Gasteiger partial charge on any atom is -0.489 e. The third-order valence-electron chi connectivity index (χ3n) is 3.06. The molecule has 1 heterocycles. The molecular formula is C14H18ClNO5. The second kappa shape index (κ2) is 7.49. The van der Waals surface area contributed by atoms with Gasteiger partial charge in [0.1, 0.15) is 6.04 Å². The van der Waals surface area contributed by atoms with Crippen LogP contribution in [0.4, 0.5) is 0 Å². The summed E-state index contributed by atoms with van der Waals surface area (Å²) in [6.45, 7) is 1.88. The van der Waals surface area contributed by atoms with Crippen molar-refractivity contribution in [3.63, 3.8) is 0 Å². The molecular weight excluding hydrogens is 298 g/mol. The van der Waals surface area contributed by atoms with Gasteiger partial charge in [0, 0.05) is 20.1 Å². The van der Waals surface area contributed by atoms with Crippen molar-refractivity contribution in [2.24, 2.45) is 0 Å². The molecule has 0 saturated heterocycles. The van der Waals surface area contributed by atoms with Crippen LogP contribution >= 0.6 is 11.6 Å². The van der Waals surface area contributed by atoms with Gasteiger partial charge in [0.2, 0.25) is 0 Å². The highest BCUT2D eigenvalue weighted by Gasteiger charge is 2.23. The van der Waals surface area contributed by atoms with Gasteiger partial charge in [0.05, 0.1) is 24.8 Å². The fraction of sp³-hybridized carbons (Fsp3) is 0.500. The zero-order valence-electron chi connectivity index (χ0n) is 11.7. The Balaban J connectivity index is 2.26. The van der Waals surface area contributed by atoms with E-state index in [1.54, 1.807) is 19.2 Å². The first-order valence-electron chi connectivity index (χ1n) is 6.67. The number of hydrogen-bond acceptors (Lipinski definition) is 5. The van der Waals surface area contributed by atoms with Crippen molar-refractivity contribution in [3.05, 3.63) is 22.7 Å². The first kappa shape index (κ1) is 15.9. The molecule has 1 aliphatic heterocycles. The molecule has 1 atom stereocenters. The number of fused-ring (bicyclic) bond motifs is 1. The maximum atomic E-state index is 11.4. The van der Waals surface area contributed by atoms with Crippen molar-refractivity contribution < 1.29 is 24.1 Å². The largest absolute Gasteiger partial charge is 0.489 e. The number of aliphatic carboxylic acids is 1. The molecule has 0 spiro atoms. The van der Waals surface area contributed by atoms with Gasteiger partial charge in [-0.15, -0.1) is 0 Å². The van der Waals surface area contributed by atoms with Crippen molar-refractivity contribution in [3.8, 4) is 11.5 Å². The standard InChI is InChI=1S/C14H18ClNO5/c1-19-6-3-16-12(14(17)18)9-7-10(15)13-11(8-9)20-4-2-5-21-13/h7-8,12,16H,2-6H2,1H3,(H,17,18). The summed E-state index contributed by atoms with van der Waals surface area (Å²) < 4.78 is 16.0. The Labute approximate surface area is 127 Å². The van der Waals surface area contributed by atoms with Crippen molar-refractivity contribution in [2.45, 2.75) is 12.5 Å². The molecule has 0 amide bonds. The van der Waals surface area contributed by atoms with E-state index >= 15 is 0 Å². The van der Waals surface area contributed by atoms with E-state index in [1.807, 2.05) is 0 Å². The minimum atomic E-state index is -0.989. The number of rotatable bonds is 6. The van der Waals surface area contributed by atoms with Gasteiger partial charge in [0.15, 0.2) is 11.5 Å². The van der Waals surface area contributed by atoms with Crippen LogP contribution in [0.2, 0.25) is 5.02 Å². The molecule has 21 heavy (non-hydrogen) atoms. The van der Waals surface area contributed by atoms with Gasteiger partial charge in [-0.05, 0) is 17.7 Å². The molecule has 0 aromatic heterocycles. The number of ether oxygens (including phenoxy) is 3. The zero-order chi connectivity index (χ0) is 15.2. The second-order valence-electron chi connectivity index (χ2n) is 4.60. The van der Waals surface area contributed by atoms with Crippen LogP contribution in [0.1, 0.15) is 18.0 Å². The third kappa shape index (κ3) is 4.00. The molecule has 1 aliphatic rings. The summed E-state index contributed by atoms with van der Waals surface area (Å²) in [7, 11) is 1.56. The van der Waals surface area contributed by atoms with Gasteiger partial charge >= 0.3 is 5.97 Å². The summed E-state index contributed by atoms with van der Waals surface area (Å²) in [6, 6.07) is 2.37. The van der Waals surface area contributed by atoms with Gasteiger partial charge < -0.3 is 19.3 Å². The van der Waals surface area contributed by atoms with Gasteiger partial charge in [0.25, 0.3) is 0 Å². The summed E-state index contributed by atoms with van der Waals surface area (Å²) in [6.07, 6.45) is 0.759. The molecule has 7 heteroatoms. The predicted octanol–water partition coefficient (Wildman–Crippen LogP) is 1.86. The number of hydrogen-bond donors (Lipinski definition) is 2. The fourth-order valence-electron chi connectivity index (χ4n) is 2.07. The van der Waals surface area contributed by atoms with Crippen LogP contribution in [0.5, 0.6) is 11.5 Å². The Hall–Kier alpha value is -1.50. The summed E-state index contributed by atoms with van der Waals surface area (Å²) >= 11 is 6.18. The van der Waals surface area contributed by atoms with Gasteiger partial charge in [-0.25, -0.2) is 0 Å². The van der Waals surface area contributed by atoms with Crippen LogP contribution in [0, 0.1) is 0 Å². The third-order valence-corrected chi connectivity index (χ3v) is 3.34. The average molecular weight is 316 g/mol. The lowest BCUT2D eigenvalue weighted by Gasteiger charge is -2.17. The monoisotopic (exact) mass is 315 g/mol. The van der Waals surface area contributed by atoms with E-state index in [4.69, 9.17) is 25.8 Å². The summed E-state index contributed by atoms with van der Waals surface area (Å²) in [5.41, 5.74) is 0.521. The highest BCUT2D eigenvalue weighted by molar-refractivity contribution is 6.32. The van der Waals surface area contributed by atoms with Crippen molar-refractivity contribution in [1.29, 1.82) is 0 Å². The van der Waals surface area contributed by atoms with Crippen LogP contribution in [-0.2, 0) is 9.53 Å². The molecule has 0 aliphatic carbocycles. The summed E-state index contributed by atoms with van der Waals surface area (Å²) in [5.74, 6) is -0.0367. The van der Waals surface area contributed by atoms with E-state index in [1.165, 1.54) is 0 Å². The number of carbonyl (C=O) groups is 1. The molecule has 1 aromatic carbocycles. The average Bonchev–Trinajstić information content (AvgIpc) is 2.68. The molecule has 116 valence electrons. The van der Waals surface area contributed by atoms with Crippen molar-refractivity contribution in [1.82, 2.24) is 5.32 Å². The van der Waals surface area contributed by atoms with Crippen LogP contribution in [0.3, 0.4) is 0 Å². The topological polar surface area (TPSA) is 77.0 Å². The highest BCUT2D eigenvalue weighted by atomic mass is 35.5. The Bertz CT molecular complexity index is 508. The lowest BCUT2D eigenvalue weighted by atomic mass is 10.1. The lowest BCUT2D eigenvalue weighted by Crippen LogP contribution is -2.31. The maximum absolute atomic E-state index is 11.4. The Morgan fingerprint density at radius 3 is 2.95 bits per heavy atom. The van der Waals surface area contributed by atoms with Gasteiger partial charge in [-0.2, -0.15) is 0 Å². The number of benzene rings is 1. The number of carboxylic acids is 1. The molecule has 0 saturated carbocycles. The fourth-order valence-corrected chi connectivity index (χ4v) is 2.34. The minimum absolute atomic E-state index is 0.351. The molecule has 0 radical (unpaired) electrons. The quantitative estimate of drug-likeness (QED) is 0.780. The van der Waals surface area contributed by atoms with Gasteiger partial charge in [-0.1, -0.05) is 11.6 Å². The van der Waals surface area contributed by atoms with E-state index in [0.717, 1.165) is 6.42 Å². The normalized spacial score (nSPS) is 15.3. The number of nitrogens with one attached hydrogen (secondary N) is 1. The summed E-state index contributed by atoms with van der Waals surface area (Å²) in [4.78, 5) is 11.4. The molecule has 2 N–H and O–H groups in total. The van der Waals surface area contributed by atoms with Crippen LogP contribution in [0.15, 0.2) is 12.1 Å². The molecule has 0 bridgehead atoms. The van der Waals surface area contributed by atoms with Crippen LogP contribution in [0.25, 0.3) is 0 Å². The maximum Gasteiger partial charge on any atom is 0.325 e. The van der Waals surface area contributed by atoms with E-state index in [-0.39, 0.29) is 0 Å². The van der Waals surface area contributed by atoms with Crippen LogP contribution in [-0.4, -0.2) is 44.6 Å². The number of halogens is 1. The van der Waals surface area contributed by atoms with Gasteiger partial charge in [-0.3, -0.25) is 10.1 Å². The Morgan fingerprint density at radius 2 is 2.24 bits per heavy atom. The predicted molar refractivity (Wildman–Crippen MR) is 77.3 cm³/mol. The molecule has 2 rings (SSSR count). The van der Waals surface area contributed by atoms with Crippen LogP contribution < -0.4 is 14.8 Å². The number of carboxylic acid groups (broad SMARTS) is 1. The van der Waals surface area contributed by atoms with E-state index in [0.29, 0.717) is 48.5 Å². The van der Waals surface area contributed by atoms with E-state index in [2.05, 4.69) is 5.32 Å². The first-order chi connectivity index (χ1) is 10.1. The molecule has 1 unspecified atom stereocenters. The Kier molecular flexibility index (Phi) is 5.67. The molecule has 6 nitrogen and oxygen atoms in total.